The Hall–Kier alpha value is -1.79. The SMILES string of the molecule is CCOC(=O)C1CCCN(C(=NC)NCCNC(=O)C(C)C)C1. The number of nitrogens with one attached hydrogen (secondary N) is 2. The molecule has 1 aliphatic heterocycles. The lowest BCUT2D eigenvalue weighted by Crippen LogP contribution is -2.49. The first-order valence-corrected chi connectivity index (χ1v) is 8.39. The number of rotatable bonds is 6. The number of nitrogens with zero attached hydrogens (tertiary/aromatic N) is 2. The molecule has 0 spiro atoms. The fourth-order valence-corrected chi connectivity index (χ4v) is 2.52. The summed E-state index contributed by atoms with van der Waals surface area (Å²) in [4.78, 5) is 29.8. The molecule has 1 aliphatic rings. The second-order valence-electron chi connectivity index (χ2n) is 5.96. The minimum atomic E-state index is -0.128. The molecule has 0 bridgehead atoms. The molecule has 0 aliphatic carbocycles. The van der Waals surface area contributed by atoms with Gasteiger partial charge in [-0.15, -0.1) is 0 Å². The van der Waals surface area contributed by atoms with Gasteiger partial charge in [0.2, 0.25) is 5.91 Å². The van der Waals surface area contributed by atoms with E-state index in [-0.39, 0.29) is 23.7 Å². The molecule has 132 valence electrons. The van der Waals surface area contributed by atoms with Crippen LogP contribution >= 0.6 is 0 Å². The van der Waals surface area contributed by atoms with E-state index in [4.69, 9.17) is 4.74 Å². The van der Waals surface area contributed by atoms with Gasteiger partial charge in [-0.05, 0) is 19.8 Å². The molecule has 7 heteroatoms. The molecule has 1 heterocycles. The van der Waals surface area contributed by atoms with E-state index >= 15 is 0 Å². The molecule has 1 unspecified atom stereocenters. The summed E-state index contributed by atoms with van der Waals surface area (Å²) >= 11 is 0. The van der Waals surface area contributed by atoms with Crippen LogP contribution in [0.5, 0.6) is 0 Å². The van der Waals surface area contributed by atoms with Crippen LogP contribution < -0.4 is 10.6 Å². The zero-order valence-electron chi connectivity index (χ0n) is 14.7. The maximum absolute atomic E-state index is 11.9. The molecule has 7 nitrogen and oxygen atoms in total. The van der Waals surface area contributed by atoms with Gasteiger partial charge in [0.05, 0.1) is 12.5 Å². The average Bonchev–Trinajstić information content (AvgIpc) is 2.55. The molecule has 0 radical (unpaired) electrons. The van der Waals surface area contributed by atoms with Gasteiger partial charge >= 0.3 is 5.97 Å². The lowest BCUT2D eigenvalue weighted by atomic mass is 9.98. The Morgan fingerprint density at radius 3 is 2.61 bits per heavy atom. The first-order chi connectivity index (χ1) is 11.0. The van der Waals surface area contributed by atoms with Crippen molar-refractivity contribution in [1.29, 1.82) is 0 Å². The summed E-state index contributed by atoms with van der Waals surface area (Å²) in [7, 11) is 1.73. The molecule has 0 aromatic carbocycles. The highest BCUT2D eigenvalue weighted by Gasteiger charge is 2.28. The highest BCUT2D eigenvalue weighted by Crippen LogP contribution is 2.17. The lowest BCUT2D eigenvalue weighted by molar-refractivity contribution is -0.149. The fourth-order valence-electron chi connectivity index (χ4n) is 2.52. The number of hydrogen-bond donors (Lipinski definition) is 2. The molecule has 23 heavy (non-hydrogen) atoms. The molecular weight excluding hydrogens is 296 g/mol. The highest BCUT2D eigenvalue weighted by atomic mass is 16.5. The van der Waals surface area contributed by atoms with E-state index in [1.165, 1.54) is 0 Å². The van der Waals surface area contributed by atoms with Crippen molar-refractivity contribution in [3.63, 3.8) is 0 Å². The average molecular weight is 326 g/mol. The quantitative estimate of drug-likeness (QED) is 0.323. The Morgan fingerprint density at radius 2 is 2.00 bits per heavy atom. The van der Waals surface area contributed by atoms with Crippen molar-refractivity contribution in [2.45, 2.75) is 33.6 Å². The van der Waals surface area contributed by atoms with Crippen LogP contribution in [0.3, 0.4) is 0 Å². The van der Waals surface area contributed by atoms with Crippen LogP contribution in [0.1, 0.15) is 33.6 Å². The number of aliphatic imine (C=N–C) groups is 1. The number of carbonyl (C=O) groups is 2. The summed E-state index contributed by atoms with van der Waals surface area (Å²) in [5.74, 6) is 0.571. The van der Waals surface area contributed by atoms with Crippen LogP contribution in [0, 0.1) is 11.8 Å². The van der Waals surface area contributed by atoms with Crippen molar-refractivity contribution in [2.24, 2.45) is 16.8 Å². The Bertz CT molecular complexity index is 424. The predicted molar refractivity (Wildman–Crippen MR) is 90.1 cm³/mol. The van der Waals surface area contributed by atoms with Crippen molar-refractivity contribution in [3.05, 3.63) is 0 Å². The smallest absolute Gasteiger partial charge is 0.310 e. The van der Waals surface area contributed by atoms with Crippen molar-refractivity contribution in [3.8, 4) is 0 Å². The number of piperidine rings is 1. The predicted octanol–water partition coefficient (Wildman–Crippen LogP) is 0.609. The van der Waals surface area contributed by atoms with Crippen LogP contribution in [0.15, 0.2) is 4.99 Å². The van der Waals surface area contributed by atoms with Gasteiger partial charge in [0.25, 0.3) is 0 Å². The van der Waals surface area contributed by atoms with Gasteiger partial charge in [-0.1, -0.05) is 13.8 Å². The third-order valence-corrected chi connectivity index (χ3v) is 3.78. The van der Waals surface area contributed by atoms with Gasteiger partial charge in [0.1, 0.15) is 0 Å². The van der Waals surface area contributed by atoms with E-state index in [1.807, 2.05) is 20.8 Å². The number of likely N-dealkylation sites (tertiary alicyclic amines) is 1. The summed E-state index contributed by atoms with van der Waals surface area (Å²) in [6, 6.07) is 0. The van der Waals surface area contributed by atoms with Crippen LogP contribution in [-0.4, -0.2) is 62.6 Å². The number of hydrogen-bond acceptors (Lipinski definition) is 4. The van der Waals surface area contributed by atoms with Crippen LogP contribution in [0.25, 0.3) is 0 Å². The normalized spacial score (nSPS) is 18.7. The maximum Gasteiger partial charge on any atom is 0.310 e. The number of amides is 1. The second-order valence-corrected chi connectivity index (χ2v) is 5.96. The molecule has 1 saturated heterocycles. The van der Waals surface area contributed by atoms with E-state index in [1.54, 1.807) is 7.05 Å². The molecule has 1 rings (SSSR count). The number of guanidine groups is 1. The summed E-state index contributed by atoms with van der Waals surface area (Å²) < 4.78 is 5.12. The van der Waals surface area contributed by atoms with Gasteiger partial charge in [0, 0.05) is 39.1 Å². The van der Waals surface area contributed by atoms with Gasteiger partial charge in [-0.25, -0.2) is 0 Å². The highest BCUT2D eigenvalue weighted by molar-refractivity contribution is 5.81. The third-order valence-electron chi connectivity index (χ3n) is 3.78. The van der Waals surface area contributed by atoms with Crippen molar-refractivity contribution in [1.82, 2.24) is 15.5 Å². The van der Waals surface area contributed by atoms with E-state index < -0.39 is 0 Å². The standard InChI is InChI=1S/C16H30N4O3/c1-5-23-15(22)13-7-6-10-20(11-13)16(17-4)19-9-8-18-14(21)12(2)3/h12-13H,5-11H2,1-4H3,(H,17,19)(H,18,21). The zero-order valence-corrected chi connectivity index (χ0v) is 14.7. The van der Waals surface area contributed by atoms with E-state index in [0.29, 0.717) is 26.2 Å². The number of carbonyl (C=O) groups excluding carboxylic acids is 2. The lowest BCUT2D eigenvalue weighted by Gasteiger charge is -2.34. The zero-order chi connectivity index (χ0) is 17.2. The largest absolute Gasteiger partial charge is 0.466 e. The van der Waals surface area contributed by atoms with Crippen molar-refractivity contribution in [2.75, 3.05) is 39.8 Å². The second kappa shape index (κ2) is 10.1. The van der Waals surface area contributed by atoms with Crippen LogP contribution in [0.4, 0.5) is 0 Å². The summed E-state index contributed by atoms with van der Waals surface area (Å²) in [6.07, 6.45) is 1.80. The Balaban J connectivity index is 2.42. The molecule has 1 fully saturated rings. The number of esters is 1. The van der Waals surface area contributed by atoms with Gasteiger partial charge in [-0.3, -0.25) is 14.6 Å². The summed E-state index contributed by atoms with van der Waals surface area (Å²) in [6.45, 7) is 8.61. The summed E-state index contributed by atoms with van der Waals surface area (Å²) in [5, 5.41) is 6.09. The van der Waals surface area contributed by atoms with E-state index in [9.17, 15) is 9.59 Å². The van der Waals surface area contributed by atoms with Crippen molar-refractivity contribution < 1.29 is 14.3 Å². The molecule has 1 atom stereocenters. The van der Waals surface area contributed by atoms with E-state index in [0.717, 1.165) is 25.3 Å². The minimum Gasteiger partial charge on any atom is -0.466 e. The Morgan fingerprint density at radius 1 is 1.30 bits per heavy atom. The molecular formula is C16H30N4O3. The van der Waals surface area contributed by atoms with Crippen LogP contribution in [-0.2, 0) is 14.3 Å². The monoisotopic (exact) mass is 326 g/mol. The van der Waals surface area contributed by atoms with Gasteiger partial charge < -0.3 is 20.3 Å². The van der Waals surface area contributed by atoms with Gasteiger partial charge in [0.15, 0.2) is 5.96 Å². The van der Waals surface area contributed by atoms with Crippen LogP contribution in [0.2, 0.25) is 0 Å². The van der Waals surface area contributed by atoms with Crippen molar-refractivity contribution >= 4 is 17.8 Å². The Labute approximate surface area is 138 Å². The Kier molecular flexibility index (Phi) is 8.43. The third kappa shape index (κ3) is 6.46. The summed E-state index contributed by atoms with van der Waals surface area (Å²) in [5.41, 5.74) is 0. The topological polar surface area (TPSA) is 83.0 Å². The molecule has 1 amide bonds. The molecule has 0 saturated carbocycles. The molecule has 2 N–H and O–H groups in total. The molecule has 0 aromatic heterocycles. The van der Waals surface area contributed by atoms with E-state index in [2.05, 4.69) is 20.5 Å². The first-order valence-electron chi connectivity index (χ1n) is 8.39. The number of ether oxygens (including phenoxy) is 1. The van der Waals surface area contributed by atoms with Gasteiger partial charge in [-0.2, -0.15) is 0 Å². The molecule has 0 aromatic rings. The first kappa shape index (κ1) is 19.3. The maximum atomic E-state index is 11.9. The fraction of sp³-hybridized carbons (Fsp3) is 0.812. The minimum absolute atomic E-state index is 0.0123.